The van der Waals surface area contributed by atoms with Gasteiger partial charge in [-0.05, 0) is 56.9 Å². The Morgan fingerprint density at radius 2 is 1.65 bits per heavy atom. The third-order valence-electron chi connectivity index (χ3n) is 4.86. The van der Waals surface area contributed by atoms with Crippen LogP contribution >= 0.6 is 0 Å². The standard InChI is InChI=1S/C20H24N2O3S/c1-14-9-11-17(12-10-14)26(24,25)22-13-5-8-18(22)20(23)21-19-15(2)6-4-7-16(19)3/h4,6-7,9-12,18H,5,8,13H2,1-3H3,(H,21,23). The topological polar surface area (TPSA) is 66.5 Å². The highest BCUT2D eigenvalue weighted by Crippen LogP contribution is 2.28. The number of nitrogens with zero attached hydrogens (tertiary/aromatic N) is 1. The van der Waals surface area contributed by atoms with Crippen LogP contribution < -0.4 is 5.32 Å². The quantitative estimate of drug-likeness (QED) is 0.894. The summed E-state index contributed by atoms with van der Waals surface area (Å²) in [5.74, 6) is -0.268. The van der Waals surface area contributed by atoms with Crippen molar-refractivity contribution in [3.8, 4) is 0 Å². The lowest BCUT2D eigenvalue weighted by molar-refractivity contribution is -0.119. The van der Waals surface area contributed by atoms with Crippen molar-refractivity contribution in [2.75, 3.05) is 11.9 Å². The molecular formula is C20H24N2O3S. The molecule has 1 amide bonds. The number of rotatable bonds is 4. The van der Waals surface area contributed by atoms with Crippen molar-refractivity contribution in [3.05, 3.63) is 59.2 Å². The van der Waals surface area contributed by atoms with Crippen molar-refractivity contribution in [3.63, 3.8) is 0 Å². The van der Waals surface area contributed by atoms with Crippen LogP contribution in [-0.2, 0) is 14.8 Å². The second-order valence-electron chi connectivity index (χ2n) is 6.84. The smallest absolute Gasteiger partial charge is 0.243 e. The van der Waals surface area contributed by atoms with E-state index in [4.69, 9.17) is 0 Å². The van der Waals surface area contributed by atoms with Crippen LogP contribution in [0.15, 0.2) is 47.4 Å². The first kappa shape index (κ1) is 18.6. The molecule has 1 atom stereocenters. The molecule has 0 radical (unpaired) electrons. The fourth-order valence-electron chi connectivity index (χ4n) is 3.35. The van der Waals surface area contributed by atoms with Crippen LogP contribution in [0.1, 0.15) is 29.5 Å². The number of carbonyl (C=O) groups is 1. The van der Waals surface area contributed by atoms with Crippen LogP contribution in [0.5, 0.6) is 0 Å². The van der Waals surface area contributed by atoms with Gasteiger partial charge in [0.1, 0.15) is 6.04 Å². The first-order chi connectivity index (χ1) is 12.3. The average molecular weight is 372 g/mol. The fourth-order valence-corrected chi connectivity index (χ4v) is 5.01. The van der Waals surface area contributed by atoms with Crippen LogP contribution in [-0.4, -0.2) is 31.2 Å². The fraction of sp³-hybridized carbons (Fsp3) is 0.350. The molecule has 2 aromatic carbocycles. The lowest BCUT2D eigenvalue weighted by Gasteiger charge is -2.24. The summed E-state index contributed by atoms with van der Waals surface area (Å²) in [5.41, 5.74) is 3.68. The van der Waals surface area contributed by atoms with E-state index in [1.165, 1.54) is 4.31 Å². The molecule has 3 rings (SSSR count). The normalized spacial score (nSPS) is 18.0. The van der Waals surface area contributed by atoms with Crippen molar-refractivity contribution < 1.29 is 13.2 Å². The summed E-state index contributed by atoms with van der Waals surface area (Å²) in [6.07, 6.45) is 1.21. The van der Waals surface area contributed by atoms with Crippen molar-refractivity contribution >= 4 is 21.6 Å². The zero-order valence-electron chi connectivity index (χ0n) is 15.3. The number of benzene rings is 2. The highest BCUT2D eigenvalue weighted by atomic mass is 32.2. The van der Waals surface area contributed by atoms with Gasteiger partial charge in [0.2, 0.25) is 15.9 Å². The van der Waals surface area contributed by atoms with Gasteiger partial charge in [0, 0.05) is 12.2 Å². The molecule has 0 spiro atoms. The van der Waals surface area contributed by atoms with Gasteiger partial charge in [-0.1, -0.05) is 35.9 Å². The molecule has 2 aromatic rings. The Hall–Kier alpha value is -2.18. The first-order valence-electron chi connectivity index (χ1n) is 8.76. The van der Waals surface area contributed by atoms with E-state index in [-0.39, 0.29) is 10.8 Å². The largest absolute Gasteiger partial charge is 0.324 e. The van der Waals surface area contributed by atoms with Gasteiger partial charge in [-0.25, -0.2) is 8.42 Å². The van der Waals surface area contributed by atoms with E-state index in [1.54, 1.807) is 24.3 Å². The number of hydrogen-bond donors (Lipinski definition) is 1. The number of nitrogens with one attached hydrogen (secondary N) is 1. The van der Waals surface area contributed by atoms with Crippen molar-refractivity contribution in [1.29, 1.82) is 0 Å². The molecule has 0 saturated carbocycles. The van der Waals surface area contributed by atoms with E-state index in [0.717, 1.165) is 22.4 Å². The zero-order valence-corrected chi connectivity index (χ0v) is 16.1. The number of hydrogen-bond acceptors (Lipinski definition) is 3. The minimum absolute atomic E-state index is 0.231. The predicted molar refractivity (Wildman–Crippen MR) is 103 cm³/mol. The summed E-state index contributed by atoms with van der Waals surface area (Å²) < 4.78 is 27.3. The highest BCUT2D eigenvalue weighted by Gasteiger charge is 2.39. The monoisotopic (exact) mass is 372 g/mol. The van der Waals surface area contributed by atoms with Gasteiger partial charge < -0.3 is 5.32 Å². The molecule has 1 unspecified atom stereocenters. The van der Waals surface area contributed by atoms with E-state index in [9.17, 15) is 13.2 Å². The van der Waals surface area contributed by atoms with E-state index in [1.807, 2.05) is 39.0 Å². The van der Waals surface area contributed by atoms with Crippen LogP contribution in [0, 0.1) is 20.8 Å². The van der Waals surface area contributed by atoms with Crippen molar-refractivity contribution in [2.45, 2.75) is 44.6 Å². The molecular weight excluding hydrogens is 348 g/mol. The predicted octanol–water partition coefficient (Wildman–Crippen LogP) is 3.40. The van der Waals surface area contributed by atoms with Crippen LogP contribution in [0.4, 0.5) is 5.69 Å². The molecule has 5 nitrogen and oxygen atoms in total. The van der Waals surface area contributed by atoms with E-state index >= 15 is 0 Å². The van der Waals surface area contributed by atoms with Gasteiger partial charge in [0.05, 0.1) is 4.90 Å². The SMILES string of the molecule is Cc1ccc(S(=O)(=O)N2CCCC2C(=O)Nc2c(C)cccc2C)cc1. The Kier molecular flexibility index (Phi) is 5.16. The molecule has 6 heteroatoms. The Morgan fingerprint density at radius 3 is 2.27 bits per heavy atom. The minimum Gasteiger partial charge on any atom is -0.324 e. The third kappa shape index (κ3) is 3.52. The Morgan fingerprint density at radius 1 is 1.04 bits per heavy atom. The Balaban J connectivity index is 1.86. The molecule has 1 N–H and O–H groups in total. The molecule has 0 aromatic heterocycles. The van der Waals surface area contributed by atoms with E-state index in [2.05, 4.69) is 5.32 Å². The molecule has 1 fully saturated rings. The van der Waals surface area contributed by atoms with Gasteiger partial charge in [0.15, 0.2) is 0 Å². The number of sulfonamides is 1. The van der Waals surface area contributed by atoms with Crippen molar-refractivity contribution in [1.82, 2.24) is 4.31 Å². The lowest BCUT2D eigenvalue weighted by atomic mass is 10.1. The molecule has 26 heavy (non-hydrogen) atoms. The van der Waals surface area contributed by atoms with Crippen LogP contribution in [0.2, 0.25) is 0 Å². The number of amides is 1. The number of para-hydroxylation sites is 1. The van der Waals surface area contributed by atoms with E-state index in [0.29, 0.717) is 19.4 Å². The van der Waals surface area contributed by atoms with Crippen LogP contribution in [0.25, 0.3) is 0 Å². The summed E-state index contributed by atoms with van der Waals surface area (Å²) in [7, 11) is -3.69. The Bertz CT molecular complexity index is 900. The number of anilines is 1. The summed E-state index contributed by atoms with van der Waals surface area (Å²) in [4.78, 5) is 13.1. The maximum absolute atomic E-state index is 13.0. The second-order valence-corrected chi connectivity index (χ2v) is 8.73. The van der Waals surface area contributed by atoms with Gasteiger partial charge in [-0.15, -0.1) is 0 Å². The summed E-state index contributed by atoms with van der Waals surface area (Å²) in [6, 6.07) is 11.9. The van der Waals surface area contributed by atoms with Gasteiger partial charge >= 0.3 is 0 Å². The summed E-state index contributed by atoms with van der Waals surface area (Å²) >= 11 is 0. The molecule has 1 aliphatic heterocycles. The third-order valence-corrected chi connectivity index (χ3v) is 6.79. The molecule has 1 heterocycles. The lowest BCUT2D eigenvalue weighted by Crippen LogP contribution is -2.43. The van der Waals surface area contributed by atoms with Crippen LogP contribution in [0.3, 0.4) is 0 Å². The summed E-state index contributed by atoms with van der Waals surface area (Å²) in [6.45, 7) is 6.13. The van der Waals surface area contributed by atoms with Gasteiger partial charge in [-0.3, -0.25) is 4.79 Å². The highest BCUT2D eigenvalue weighted by molar-refractivity contribution is 7.89. The molecule has 0 bridgehead atoms. The summed E-state index contributed by atoms with van der Waals surface area (Å²) in [5, 5.41) is 2.94. The maximum atomic E-state index is 13.0. The number of aryl methyl sites for hydroxylation is 3. The van der Waals surface area contributed by atoms with Gasteiger partial charge in [0.25, 0.3) is 0 Å². The minimum atomic E-state index is -3.69. The average Bonchev–Trinajstić information content (AvgIpc) is 3.09. The molecule has 138 valence electrons. The zero-order chi connectivity index (χ0) is 18.9. The van der Waals surface area contributed by atoms with E-state index < -0.39 is 16.1 Å². The number of carbonyl (C=O) groups excluding carboxylic acids is 1. The molecule has 1 aliphatic rings. The first-order valence-corrected chi connectivity index (χ1v) is 10.2. The van der Waals surface area contributed by atoms with Crippen molar-refractivity contribution in [2.24, 2.45) is 0 Å². The Labute approximate surface area is 155 Å². The van der Waals surface area contributed by atoms with Gasteiger partial charge in [-0.2, -0.15) is 4.31 Å². The molecule has 1 saturated heterocycles. The molecule has 0 aliphatic carbocycles. The second kappa shape index (κ2) is 7.21. The maximum Gasteiger partial charge on any atom is 0.243 e.